The van der Waals surface area contributed by atoms with Crippen molar-refractivity contribution < 1.29 is 9.13 Å². The van der Waals surface area contributed by atoms with Crippen LogP contribution in [0.5, 0.6) is 5.75 Å². The molecule has 1 atom stereocenters. The molecule has 0 fully saturated rings. The van der Waals surface area contributed by atoms with Crippen molar-refractivity contribution in [3.8, 4) is 5.75 Å². The highest BCUT2D eigenvalue weighted by molar-refractivity contribution is 5.30. The molecule has 1 aromatic rings. The fourth-order valence-electron chi connectivity index (χ4n) is 1.33. The molecule has 0 aromatic heterocycles. The van der Waals surface area contributed by atoms with Gasteiger partial charge < -0.3 is 10.5 Å². The summed E-state index contributed by atoms with van der Waals surface area (Å²) in [6.07, 6.45) is -0.138. The van der Waals surface area contributed by atoms with Crippen LogP contribution in [0.1, 0.15) is 19.4 Å². The van der Waals surface area contributed by atoms with Gasteiger partial charge in [0.2, 0.25) is 0 Å². The second kappa shape index (κ2) is 5.12. The van der Waals surface area contributed by atoms with Crippen molar-refractivity contribution in [3.05, 3.63) is 29.6 Å². The zero-order chi connectivity index (χ0) is 11.4. The van der Waals surface area contributed by atoms with Crippen LogP contribution < -0.4 is 10.5 Å². The molecule has 0 heterocycles. The van der Waals surface area contributed by atoms with E-state index >= 15 is 0 Å². The predicted octanol–water partition coefficient (Wildman–Crippen LogP) is 2.50. The third-order valence-electron chi connectivity index (χ3n) is 2.41. The summed E-state index contributed by atoms with van der Waals surface area (Å²) in [6, 6.07) is 5.13. The van der Waals surface area contributed by atoms with Crippen LogP contribution in [-0.2, 0) is 0 Å². The highest BCUT2D eigenvalue weighted by Crippen LogP contribution is 2.22. The quantitative estimate of drug-likeness (QED) is 0.830. The highest BCUT2D eigenvalue weighted by atomic mass is 19.1. The summed E-state index contributed by atoms with van der Waals surface area (Å²) in [5.74, 6) is 0.269. The van der Waals surface area contributed by atoms with Gasteiger partial charge in [-0.3, -0.25) is 0 Å². The van der Waals surface area contributed by atoms with Gasteiger partial charge in [-0.1, -0.05) is 26.0 Å². The van der Waals surface area contributed by atoms with Gasteiger partial charge in [0.25, 0.3) is 0 Å². The number of nitrogens with two attached hydrogens (primary N) is 1. The van der Waals surface area contributed by atoms with Crippen LogP contribution in [0.25, 0.3) is 0 Å². The first-order valence-corrected chi connectivity index (χ1v) is 5.18. The van der Waals surface area contributed by atoms with Crippen molar-refractivity contribution >= 4 is 0 Å². The largest absolute Gasteiger partial charge is 0.486 e. The minimum absolute atomic E-state index is 0.138. The van der Waals surface area contributed by atoms with Crippen LogP contribution in [-0.4, -0.2) is 12.6 Å². The SMILES string of the molecule is Cc1cccc(OC(CN)C(C)C)c1F. The standard InChI is InChI=1S/C12H18FNO/c1-8(2)11(7-14)15-10-6-4-5-9(3)12(10)13/h4-6,8,11H,7,14H2,1-3H3. The Morgan fingerprint density at radius 1 is 1.40 bits per heavy atom. The van der Waals surface area contributed by atoms with Crippen molar-refractivity contribution in [1.82, 2.24) is 0 Å². The molecule has 1 aromatic carbocycles. The zero-order valence-electron chi connectivity index (χ0n) is 9.46. The Bertz CT molecular complexity index is 325. The first-order valence-electron chi connectivity index (χ1n) is 5.18. The molecule has 84 valence electrons. The molecule has 0 spiro atoms. The van der Waals surface area contributed by atoms with Crippen molar-refractivity contribution in [3.63, 3.8) is 0 Å². The molecule has 0 radical (unpaired) electrons. The van der Waals surface area contributed by atoms with Crippen molar-refractivity contribution in [2.75, 3.05) is 6.54 Å². The lowest BCUT2D eigenvalue weighted by Gasteiger charge is -2.21. The van der Waals surface area contributed by atoms with E-state index in [1.807, 2.05) is 13.8 Å². The molecule has 3 heteroatoms. The molecular weight excluding hydrogens is 193 g/mol. The Hall–Kier alpha value is -1.09. The van der Waals surface area contributed by atoms with E-state index in [0.29, 0.717) is 17.9 Å². The summed E-state index contributed by atoms with van der Waals surface area (Å²) in [5.41, 5.74) is 6.15. The van der Waals surface area contributed by atoms with E-state index in [1.165, 1.54) is 0 Å². The number of hydrogen-bond acceptors (Lipinski definition) is 2. The second-order valence-electron chi connectivity index (χ2n) is 4.02. The van der Waals surface area contributed by atoms with Gasteiger partial charge in [0, 0.05) is 6.54 Å². The molecule has 0 amide bonds. The smallest absolute Gasteiger partial charge is 0.167 e. The lowest BCUT2D eigenvalue weighted by atomic mass is 10.1. The molecule has 0 aliphatic carbocycles. The average molecular weight is 211 g/mol. The van der Waals surface area contributed by atoms with E-state index in [1.54, 1.807) is 25.1 Å². The van der Waals surface area contributed by atoms with Gasteiger partial charge >= 0.3 is 0 Å². The van der Waals surface area contributed by atoms with Gasteiger partial charge in [-0.05, 0) is 24.5 Å². The second-order valence-corrected chi connectivity index (χ2v) is 4.02. The van der Waals surface area contributed by atoms with Gasteiger partial charge in [-0.15, -0.1) is 0 Å². The highest BCUT2D eigenvalue weighted by Gasteiger charge is 2.15. The van der Waals surface area contributed by atoms with Crippen LogP contribution in [0.15, 0.2) is 18.2 Å². The fraction of sp³-hybridized carbons (Fsp3) is 0.500. The maximum Gasteiger partial charge on any atom is 0.167 e. The van der Waals surface area contributed by atoms with Crippen molar-refractivity contribution in [1.29, 1.82) is 0 Å². The third-order valence-corrected chi connectivity index (χ3v) is 2.41. The summed E-state index contributed by atoms with van der Waals surface area (Å²) in [5, 5.41) is 0. The van der Waals surface area contributed by atoms with Gasteiger partial charge in [0.1, 0.15) is 6.10 Å². The molecule has 1 rings (SSSR count). The average Bonchev–Trinajstić information content (AvgIpc) is 2.19. The van der Waals surface area contributed by atoms with Gasteiger partial charge in [0.05, 0.1) is 0 Å². The molecule has 0 aliphatic heterocycles. The third kappa shape index (κ3) is 2.93. The Labute approximate surface area is 90.2 Å². The van der Waals surface area contributed by atoms with Crippen LogP contribution in [0.2, 0.25) is 0 Å². The molecule has 0 saturated heterocycles. The van der Waals surface area contributed by atoms with Crippen LogP contribution >= 0.6 is 0 Å². The van der Waals surface area contributed by atoms with Gasteiger partial charge in [0.15, 0.2) is 11.6 Å². The molecule has 2 nitrogen and oxygen atoms in total. The predicted molar refractivity (Wildman–Crippen MR) is 59.4 cm³/mol. The minimum Gasteiger partial charge on any atom is -0.486 e. The van der Waals surface area contributed by atoms with E-state index < -0.39 is 0 Å². The first-order chi connectivity index (χ1) is 7.06. The van der Waals surface area contributed by atoms with E-state index in [4.69, 9.17) is 10.5 Å². The number of halogens is 1. The van der Waals surface area contributed by atoms with Crippen molar-refractivity contribution in [2.24, 2.45) is 11.7 Å². The fourth-order valence-corrected chi connectivity index (χ4v) is 1.33. The maximum atomic E-state index is 13.6. The number of hydrogen-bond donors (Lipinski definition) is 1. The molecule has 1 unspecified atom stereocenters. The molecule has 0 aliphatic rings. The number of ether oxygens (including phenoxy) is 1. The topological polar surface area (TPSA) is 35.2 Å². The van der Waals surface area contributed by atoms with Gasteiger partial charge in [-0.2, -0.15) is 0 Å². The first kappa shape index (κ1) is 12.0. The summed E-state index contributed by atoms with van der Waals surface area (Å²) in [7, 11) is 0. The maximum absolute atomic E-state index is 13.6. The molecule has 0 bridgehead atoms. The summed E-state index contributed by atoms with van der Waals surface area (Å²) < 4.78 is 19.1. The Morgan fingerprint density at radius 2 is 2.07 bits per heavy atom. The lowest BCUT2D eigenvalue weighted by molar-refractivity contribution is 0.152. The zero-order valence-corrected chi connectivity index (χ0v) is 9.46. The van der Waals surface area contributed by atoms with Crippen LogP contribution in [0, 0.1) is 18.7 Å². The van der Waals surface area contributed by atoms with E-state index in [2.05, 4.69) is 0 Å². The monoisotopic (exact) mass is 211 g/mol. The van der Waals surface area contributed by atoms with Gasteiger partial charge in [-0.25, -0.2) is 4.39 Å². The van der Waals surface area contributed by atoms with Crippen LogP contribution in [0.3, 0.4) is 0 Å². The molecular formula is C12H18FNO. The number of aryl methyl sites for hydroxylation is 1. The lowest BCUT2D eigenvalue weighted by Crippen LogP contribution is -2.32. The Kier molecular flexibility index (Phi) is 4.09. The normalized spacial score (nSPS) is 12.9. The van der Waals surface area contributed by atoms with E-state index in [-0.39, 0.29) is 17.8 Å². The summed E-state index contributed by atoms with van der Waals surface area (Å²) >= 11 is 0. The van der Waals surface area contributed by atoms with Crippen molar-refractivity contribution in [2.45, 2.75) is 26.9 Å². The summed E-state index contributed by atoms with van der Waals surface area (Å²) in [4.78, 5) is 0. The Morgan fingerprint density at radius 3 is 2.60 bits per heavy atom. The van der Waals surface area contributed by atoms with E-state index in [9.17, 15) is 4.39 Å². The number of benzene rings is 1. The molecule has 0 saturated carbocycles. The Balaban J connectivity index is 2.84. The minimum atomic E-state index is -0.295. The van der Waals surface area contributed by atoms with E-state index in [0.717, 1.165) is 0 Å². The number of rotatable bonds is 4. The van der Waals surface area contributed by atoms with Crippen LogP contribution in [0.4, 0.5) is 4.39 Å². The summed E-state index contributed by atoms with van der Waals surface area (Å²) in [6.45, 7) is 6.12. The molecule has 2 N–H and O–H groups in total. The molecule has 15 heavy (non-hydrogen) atoms.